The monoisotopic (exact) mass is 438 g/mol. The summed E-state index contributed by atoms with van der Waals surface area (Å²) < 4.78 is 5.53. The molecule has 9 heteroatoms. The topological polar surface area (TPSA) is 87.7 Å². The van der Waals surface area contributed by atoms with Crippen LogP contribution >= 0.6 is 35.4 Å². The SMILES string of the molecule is C[C@H](Oc1ccc(Cl)cc1Cl)C(=O)NC(=S)Nc1cccc(/C=C/C(=O)O)c1. The number of ether oxygens (including phenoxy) is 1. The predicted molar refractivity (Wildman–Crippen MR) is 114 cm³/mol. The molecule has 146 valence electrons. The fraction of sp³-hybridized carbons (Fsp3) is 0.105. The number of halogens is 2. The number of amides is 1. The van der Waals surface area contributed by atoms with Crippen LogP contribution in [-0.4, -0.2) is 28.2 Å². The van der Waals surface area contributed by atoms with Gasteiger partial charge in [-0.05, 0) is 61.1 Å². The molecule has 0 spiro atoms. The predicted octanol–water partition coefficient (Wildman–Crippen LogP) is 4.37. The first kappa shape index (κ1) is 21.7. The molecule has 0 bridgehead atoms. The number of anilines is 1. The highest BCUT2D eigenvalue weighted by molar-refractivity contribution is 7.80. The molecule has 0 aliphatic carbocycles. The number of carbonyl (C=O) groups is 2. The summed E-state index contributed by atoms with van der Waals surface area (Å²) in [5, 5.41) is 14.9. The van der Waals surface area contributed by atoms with Gasteiger partial charge in [0, 0.05) is 16.8 Å². The molecule has 0 aliphatic heterocycles. The van der Waals surface area contributed by atoms with Crippen LogP contribution in [0.25, 0.3) is 6.08 Å². The zero-order chi connectivity index (χ0) is 20.7. The standard InChI is InChI=1S/C19H16Cl2N2O4S/c1-11(27-16-7-6-13(20)10-15(16)21)18(26)23-19(28)22-14-4-2-3-12(9-14)5-8-17(24)25/h2-11H,1H3,(H,24,25)(H2,22,23,26,28)/b8-5+/t11-/m0/s1. The lowest BCUT2D eigenvalue weighted by atomic mass is 10.2. The highest BCUT2D eigenvalue weighted by Gasteiger charge is 2.17. The molecule has 28 heavy (non-hydrogen) atoms. The Bertz CT molecular complexity index is 934. The van der Waals surface area contributed by atoms with Crippen molar-refractivity contribution in [2.45, 2.75) is 13.0 Å². The van der Waals surface area contributed by atoms with Crippen LogP contribution in [0.5, 0.6) is 5.75 Å². The number of hydrogen-bond donors (Lipinski definition) is 3. The van der Waals surface area contributed by atoms with Crippen molar-refractivity contribution in [1.82, 2.24) is 5.32 Å². The van der Waals surface area contributed by atoms with Gasteiger partial charge in [-0.15, -0.1) is 0 Å². The molecule has 6 nitrogen and oxygen atoms in total. The molecular weight excluding hydrogens is 423 g/mol. The Labute approximate surface area is 177 Å². The highest BCUT2D eigenvalue weighted by Crippen LogP contribution is 2.28. The molecular formula is C19H16Cl2N2O4S. The molecule has 0 fully saturated rings. The first-order chi connectivity index (χ1) is 13.2. The van der Waals surface area contributed by atoms with Gasteiger partial charge in [-0.25, -0.2) is 4.79 Å². The van der Waals surface area contributed by atoms with E-state index in [1.807, 2.05) is 0 Å². The van der Waals surface area contributed by atoms with Gasteiger partial charge >= 0.3 is 5.97 Å². The molecule has 0 unspecified atom stereocenters. The summed E-state index contributed by atoms with van der Waals surface area (Å²) in [5.41, 5.74) is 1.25. The zero-order valence-corrected chi connectivity index (χ0v) is 16.9. The number of rotatable bonds is 6. The van der Waals surface area contributed by atoms with Crippen LogP contribution < -0.4 is 15.4 Å². The van der Waals surface area contributed by atoms with Gasteiger partial charge < -0.3 is 15.2 Å². The van der Waals surface area contributed by atoms with Crippen molar-refractivity contribution < 1.29 is 19.4 Å². The molecule has 0 saturated heterocycles. The Morgan fingerprint density at radius 1 is 1.21 bits per heavy atom. The molecule has 2 rings (SSSR count). The van der Waals surface area contributed by atoms with Gasteiger partial charge in [-0.3, -0.25) is 10.1 Å². The summed E-state index contributed by atoms with van der Waals surface area (Å²) >= 11 is 17.0. The van der Waals surface area contributed by atoms with Crippen LogP contribution in [0.4, 0.5) is 5.69 Å². The number of carboxylic acids is 1. The van der Waals surface area contributed by atoms with Crippen LogP contribution in [0, 0.1) is 0 Å². The molecule has 2 aromatic rings. The number of benzene rings is 2. The van der Waals surface area contributed by atoms with Gasteiger partial charge in [0.05, 0.1) is 5.02 Å². The Morgan fingerprint density at radius 3 is 2.64 bits per heavy atom. The van der Waals surface area contributed by atoms with Crippen LogP contribution in [0.15, 0.2) is 48.5 Å². The average molecular weight is 439 g/mol. The van der Waals surface area contributed by atoms with Crippen LogP contribution in [-0.2, 0) is 9.59 Å². The van der Waals surface area contributed by atoms with E-state index in [2.05, 4.69) is 10.6 Å². The van der Waals surface area contributed by atoms with E-state index in [0.29, 0.717) is 27.0 Å². The van der Waals surface area contributed by atoms with Crippen molar-refractivity contribution in [1.29, 1.82) is 0 Å². The summed E-state index contributed by atoms with van der Waals surface area (Å²) in [6, 6.07) is 11.6. The van der Waals surface area contributed by atoms with E-state index in [1.54, 1.807) is 43.3 Å². The highest BCUT2D eigenvalue weighted by atomic mass is 35.5. The number of carbonyl (C=O) groups excluding carboxylic acids is 1. The summed E-state index contributed by atoms with van der Waals surface area (Å²) in [4.78, 5) is 22.9. The van der Waals surface area contributed by atoms with E-state index < -0.39 is 18.0 Å². The number of nitrogens with one attached hydrogen (secondary N) is 2. The van der Waals surface area contributed by atoms with Gasteiger partial charge in [0.2, 0.25) is 0 Å². The minimum Gasteiger partial charge on any atom is -0.479 e. The molecule has 1 amide bonds. The number of thiocarbonyl (C=S) groups is 1. The quantitative estimate of drug-likeness (QED) is 0.458. The maximum atomic E-state index is 12.3. The second kappa shape index (κ2) is 10.1. The summed E-state index contributed by atoms with van der Waals surface area (Å²) in [6.45, 7) is 1.56. The van der Waals surface area contributed by atoms with Crippen molar-refractivity contribution >= 4 is 64.2 Å². The minimum absolute atomic E-state index is 0.0713. The smallest absolute Gasteiger partial charge is 0.328 e. The number of hydrogen-bond acceptors (Lipinski definition) is 4. The summed E-state index contributed by atoms with van der Waals surface area (Å²) in [7, 11) is 0. The molecule has 0 aromatic heterocycles. The van der Waals surface area contributed by atoms with Crippen molar-refractivity contribution in [2.75, 3.05) is 5.32 Å². The van der Waals surface area contributed by atoms with Crippen molar-refractivity contribution in [3.63, 3.8) is 0 Å². The Hall–Kier alpha value is -2.61. The number of carboxylic acid groups (broad SMARTS) is 1. The van der Waals surface area contributed by atoms with Crippen molar-refractivity contribution in [3.8, 4) is 5.75 Å². The molecule has 3 N–H and O–H groups in total. The first-order valence-corrected chi connectivity index (χ1v) is 9.15. The molecule has 0 aliphatic rings. The van der Waals surface area contributed by atoms with Crippen LogP contribution in [0.1, 0.15) is 12.5 Å². The summed E-state index contributed by atoms with van der Waals surface area (Å²) in [6.07, 6.45) is 1.62. The first-order valence-electron chi connectivity index (χ1n) is 7.99. The van der Waals surface area contributed by atoms with E-state index >= 15 is 0 Å². The molecule has 2 aromatic carbocycles. The average Bonchev–Trinajstić information content (AvgIpc) is 2.62. The Balaban J connectivity index is 1.94. The lowest BCUT2D eigenvalue weighted by molar-refractivity contribution is -0.131. The Kier molecular flexibility index (Phi) is 7.80. The molecule has 0 heterocycles. The van der Waals surface area contributed by atoms with E-state index in [-0.39, 0.29) is 5.11 Å². The van der Waals surface area contributed by atoms with Gasteiger partial charge in [0.1, 0.15) is 5.75 Å². The van der Waals surface area contributed by atoms with E-state index in [9.17, 15) is 9.59 Å². The second-order valence-electron chi connectivity index (χ2n) is 5.58. The van der Waals surface area contributed by atoms with Gasteiger partial charge in [-0.2, -0.15) is 0 Å². The van der Waals surface area contributed by atoms with E-state index in [1.165, 1.54) is 12.1 Å². The lowest BCUT2D eigenvalue weighted by Gasteiger charge is -2.16. The minimum atomic E-state index is -1.05. The molecule has 1 atom stereocenters. The van der Waals surface area contributed by atoms with Crippen LogP contribution in [0.3, 0.4) is 0 Å². The normalized spacial score (nSPS) is 11.7. The maximum Gasteiger partial charge on any atom is 0.328 e. The third kappa shape index (κ3) is 6.84. The van der Waals surface area contributed by atoms with Crippen molar-refractivity contribution in [3.05, 3.63) is 64.1 Å². The fourth-order valence-corrected chi connectivity index (χ4v) is 2.75. The third-order valence-corrected chi connectivity index (χ3v) is 4.10. The lowest BCUT2D eigenvalue weighted by Crippen LogP contribution is -2.42. The van der Waals surface area contributed by atoms with Crippen molar-refractivity contribution in [2.24, 2.45) is 0 Å². The zero-order valence-electron chi connectivity index (χ0n) is 14.6. The van der Waals surface area contributed by atoms with E-state index in [4.69, 9.17) is 45.3 Å². The maximum absolute atomic E-state index is 12.3. The largest absolute Gasteiger partial charge is 0.479 e. The fourth-order valence-electron chi connectivity index (χ4n) is 2.08. The third-order valence-electron chi connectivity index (χ3n) is 3.37. The van der Waals surface area contributed by atoms with E-state index in [0.717, 1.165) is 6.08 Å². The van der Waals surface area contributed by atoms with Gasteiger partial charge in [-0.1, -0.05) is 35.3 Å². The summed E-state index contributed by atoms with van der Waals surface area (Å²) in [5.74, 6) is -1.19. The number of aliphatic carboxylic acids is 1. The van der Waals surface area contributed by atoms with Crippen LogP contribution in [0.2, 0.25) is 10.0 Å². The molecule has 0 radical (unpaired) electrons. The molecule has 0 saturated carbocycles. The van der Waals surface area contributed by atoms with Gasteiger partial charge in [0.15, 0.2) is 11.2 Å². The Morgan fingerprint density at radius 2 is 1.96 bits per heavy atom. The van der Waals surface area contributed by atoms with Gasteiger partial charge in [0.25, 0.3) is 5.91 Å². The second-order valence-corrected chi connectivity index (χ2v) is 6.83.